The van der Waals surface area contributed by atoms with Crippen LogP contribution in [0.4, 0.5) is 5.82 Å². The van der Waals surface area contributed by atoms with Gasteiger partial charge in [0.2, 0.25) is 5.88 Å². The van der Waals surface area contributed by atoms with Gasteiger partial charge in [0, 0.05) is 19.4 Å². The Morgan fingerprint density at radius 1 is 1.16 bits per heavy atom. The summed E-state index contributed by atoms with van der Waals surface area (Å²) >= 11 is 0. The van der Waals surface area contributed by atoms with E-state index in [1.165, 1.54) is 0 Å². The highest BCUT2D eigenvalue weighted by atomic mass is 16.5. The number of nitrogens with two attached hydrogens (primary N) is 1. The van der Waals surface area contributed by atoms with E-state index in [1.807, 2.05) is 41.1 Å². The molecule has 4 rings (SSSR count). The van der Waals surface area contributed by atoms with E-state index in [4.69, 9.17) is 15.2 Å². The largest absolute Gasteiger partial charge is 0.472 e. The second-order valence-corrected chi connectivity index (χ2v) is 6.31. The maximum Gasteiger partial charge on any atom is 0.227 e. The van der Waals surface area contributed by atoms with Gasteiger partial charge in [-0.3, -0.25) is 4.68 Å². The van der Waals surface area contributed by atoms with Crippen LogP contribution < -0.4 is 10.5 Å². The number of nitrogen functional groups attached to an aromatic ring is 1. The van der Waals surface area contributed by atoms with E-state index in [0.29, 0.717) is 24.3 Å². The lowest BCUT2D eigenvalue weighted by Gasteiger charge is -2.15. The van der Waals surface area contributed by atoms with Gasteiger partial charge in [-0.2, -0.15) is 5.10 Å². The van der Waals surface area contributed by atoms with Gasteiger partial charge in [-0.15, -0.1) is 0 Å². The Balaban J connectivity index is 1.65. The van der Waals surface area contributed by atoms with Crippen LogP contribution in [0.1, 0.15) is 30.9 Å². The Hall–Kier alpha value is -2.60. The minimum absolute atomic E-state index is 0.298. The van der Waals surface area contributed by atoms with E-state index in [9.17, 15) is 0 Å². The second-order valence-electron chi connectivity index (χ2n) is 6.31. The summed E-state index contributed by atoms with van der Waals surface area (Å²) in [5.41, 5.74) is 8.27. The fourth-order valence-electron chi connectivity index (χ4n) is 3.33. The number of benzene rings is 1. The minimum atomic E-state index is 0.298. The molecule has 130 valence electrons. The molecule has 6 heteroatoms. The molecule has 1 aromatic carbocycles. The van der Waals surface area contributed by atoms with Crippen molar-refractivity contribution in [2.24, 2.45) is 0 Å². The van der Waals surface area contributed by atoms with E-state index < -0.39 is 0 Å². The van der Waals surface area contributed by atoms with Crippen molar-refractivity contribution in [2.45, 2.75) is 31.9 Å². The van der Waals surface area contributed by atoms with Crippen molar-refractivity contribution in [1.82, 2.24) is 14.8 Å². The van der Waals surface area contributed by atoms with Gasteiger partial charge in [-0.25, -0.2) is 4.98 Å². The van der Waals surface area contributed by atoms with Crippen molar-refractivity contribution < 1.29 is 9.47 Å². The van der Waals surface area contributed by atoms with Crippen molar-refractivity contribution in [3.05, 3.63) is 48.2 Å². The molecule has 3 heterocycles. The first-order valence-electron chi connectivity index (χ1n) is 8.70. The monoisotopic (exact) mass is 338 g/mol. The van der Waals surface area contributed by atoms with Gasteiger partial charge in [-0.05, 0) is 30.9 Å². The van der Waals surface area contributed by atoms with E-state index in [0.717, 1.165) is 48.9 Å². The van der Waals surface area contributed by atoms with Crippen LogP contribution in [0, 0.1) is 0 Å². The number of rotatable bonds is 4. The van der Waals surface area contributed by atoms with Crippen molar-refractivity contribution in [2.75, 3.05) is 18.9 Å². The second kappa shape index (κ2) is 7.11. The Morgan fingerprint density at radius 2 is 2.04 bits per heavy atom. The van der Waals surface area contributed by atoms with Crippen molar-refractivity contribution in [1.29, 1.82) is 0 Å². The molecule has 3 aromatic rings. The Morgan fingerprint density at radius 3 is 2.92 bits per heavy atom. The maximum atomic E-state index is 6.21. The summed E-state index contributed by atoms with van der Waals surface area (Å²) in [7, 11) is 0. The van der Waals surface area contributed by atoms with Crippen LogP contribution in [-0.4, -0.2) is 28.0 Å². The van der Waals surface area contributed by atoms with E-state index in [1.54, 1.807) is 6.20 Å². The molecule has 2 N–H and O–H groups in total. The van der Waals surface area contributed by atoms with Crippen LogP contribution in [-0.2, 0) is 11.3 Å². The molecule has 0 spiro atoms. The number of hydrogen-bond donors (Lipinski definition) is 1. The van der Waals surface area contributed by atoms with E-state index in [2.05, 4.69) is 10.1 Å². The zero-order valence-corrected chi connectivity index (χ0v) is 14.1. The third-order valence-corrected chi connectivity index (χ3v) is 4.60. The molecular weight excluding hydrogens is 316 g/mol. The standard InChI is InChI=1S/C19H22N4O2/c20-18-17-16(23(22-18)15-7-4-11-24-12-9-15)8-10-21-19(17)25-13-14-5-2-1-3-6-14/h1-3,5-6,8,10,15H,4,7,9,11-13H2,(H2,20,22). The Bertz CT molecular complexity index is 839. The zero-order chi connectivity index (χ0) is 17.1. The van der Waals surface area contributed by atoms with Crippen LogP contribution in [0.5, 0.6) is 5.88 Å². The average molecular weight is 338 g/mol. The van der Waals surface area contributed by atoms with Crippen molar-refractivity contribution >= 4 is 16.7 Å². The summed E-state index contributed by atoms with van der Waals surface area (Å²) in [5, 5.41) is 5.38. The van der Waals surface area contributed by atoms with Gasteiger partial charge in [0.15, 0.2) is 5.82 Å². The van der Waals surface area contributed by atoms with Gasteiger partial charge >= 0.3 is 0 Å². The van der Waals surface area contributed by atoms with Gasteiger partial charge in [0.05, 0.1) is 11.6 Å². The molecule has 1 unspecified atom stereocenters. The van der Waals surface area contributed by atoms with Crippen LogP contribution in [0.15, 0.2) is 42.6 Å². The highest BCUT2D eigenvalue weighted by Crippen LogP contribution is 2.33. The third kappa shape index (κ3) is 3.30. The Labute approximate surface area is 146 Å². The molecule has 1 fully saturated rings. The molecule has 1 aliphatic rings. The number of anilines is 1. The molecular formula is C19H22N4O2. The average Bonchev–Trinajstić information content (AvgIpc) is 2.83. The summed E-state index contributed by atoms with van der Waals surface area (Å²) in [6.45, 7) is 2.03. The normalized spacial score (nSPS) is 18.2. The summed E-state index contributed by atoms with van der Waals surface area (Å²) in [4.78, 5) is 4.38. The summed E-state index contributed by atoms with van der Waals surface area (Å²) in [6, 6.07) is 12.3. The predicted octanol–water partition coefficient (Wildman–Crippen LogP) is 3.33. The number of ether oxygens (including phenoxy) is 2. The smallest absolute Gasteiger partial charge is 0.227 e. The molecule has 0 amide bonds. The lowest BCUT2D eigenvalue weighted by molar-refractivity contribution is 0.141. The fourth-order valence-corrected chi connectivity index (χ4v) is 3.33. The zero-order valence-electron chi connectivity index (χ0n) is 14.1. The van der Waals surface area contributed by atoms with Gasteiger partial charge < -0.3 is 15.2 Å². The van der Waals surface area contributed by atoms with Gasteiger partial charge in [0.1, 0.15) is 12.0 Å². The molecule has 1 aliphatic heterocycles. The van der Waals surface area contributed by atoms with Crippen molar-refractivity contribution in [3.8, 4) is 5.88 Å². The van der Waals surface area contributed by atoms with Crippen LogP contribution >= 0.6 is 0 Å². The van der Waals surface area contributed by atoms with Crippen LogP contribution in [0.25, 0.3) is 10.9 Å². The molecule has 1 atom stereocenters. The van der Waals surface area contributed by atoms with Crippen molar-refractivity contribution in [3.63, 3.8) is 0 Å². The Kier molecular flexibility index (Phi) is 4.52. The van der Waals surface area contributed by atoms with E-state index >= 15 is 0 Å². The maximum absolute atomic E-state index is 6.21. The molecule has 0 aliphatic carbocycles. The molecule has 25 heavy (non-hydrogen) atoms. The number of fused-ring (bicyclic) bond motifs is 1. The first kappa shape index (κ1) is 15.9. The first-order chi connectivity index (χ1) is 12.3. The lowest BCUT2D eigenvalue weighted by atomic mass is 10.1. The summed E-state index contributed by atoms with van der Waals surface area (Å²) < 4.78 is 13.5. The SMILES string of the molecule is Nc1nn(C2CCCOCC2)c2ccnc(OCc3ccccc3)c12. The third-order valence-electron chi connectivity index (χ3n) is 4.60. The highest BCUT2D eigenvalue weighted by Gasteiger charge is 2.21. The van der Waals surface area contributed by atoms with Crippen LogP contribution in [0.2, 0.25) is 0 Å². The molecule has 0 radical (unpaired) electrons. The van der Waals surface area contributed by atoms with Gasteiger partial charge in [0.25, 0.3) is 0 Å². The summed E-state index contributed by atoms with van der Waals surface area (Å²) in [5.74, 6) is 1.01. The number of hydrogen-bond acceptors (Lipinski definition) is 5. The number of aromatic nitrogens is 3. The number of pyridine rings is 1. The number of nitrogens with zero attached hydrogens (tertiary/aromatic N) is 3. The molecule has 2 aromatic heterocycles. The van der Waals surface area contributed by atoms with Crippen LogP contribution in [0.3, 0.4) is 0 Å². The quantitative estimate of drug-likeness (QED) is 0.790. The lowest BCUT2D eigenvalue weighted by Crippen LogP contribution is -2.11. The predicted molar refractivity (Wildman–Crippen MR) is 96.4 cm³/mol. The molecule has 0 saturated carbocycles. The highest BCUT2D eigenvalue weighted by molar-refractivity contribution is 5.93. The molecule has 0 bridgehead atoms. The topological polar surface area (TPSA) is 75.2 Å². The molecule has 6 nitrogen and oxygen atoms in total. The fraction of sp³-hybridized carbons (Fsp3) is 0.368. The van der Waals surface area contributed by atoms with Gasteiger partial charge in [-0.1, -0.05) is 30.3 Å². The molecule has 1 saturated heterocycles. The minimum Gasteiger partial charge on any atom is -0.472 e. The summed E-state index contributed by atoms with van der Waals surface area (Å²) in [6.07, 6.45) is 4.78. The van der Waals surface area contributed by atoms with E-state index in [-0.39, 0.29) is 0 Å². The first-order valence-corrected chi connectivity index (χ1v) is 8.70.